The van der Waals surface area contributed by atoms with Crippen molar-refractivity contribution < 1.29 is 9.90 Å². The number of amides is 1. The Kier molecular flexibility index (Phi) is 3.03. The minimum absolute atomic E-state index is 0.324. The van der Waals surface area contributed by atoms with Gasteiger partial charge in [-0.25, -0.2) is 0 Å². The molecule has 0 aliphatic carbocycles. The number of hydrogen-bond donors (Lipinski definition) is 0. The zero-order valence-electron chi connectivity index (χ0n) is 11.2. The van der Waals surface area contributed by atoms with Gasteiger partial charge >= 0.3 is 0 Å². The fourth-order valence-electron chi connectivity index (χ4n) is 2.58. The van der Waals surface area contributed by atoms with E-state index in [1.807, 2.05) is 48.5 Å². The largest absolute Gasteiger partial charge is 0.530 e. The standard InChI is InChI=1S/C17H15NO2/c1-18(17(19)20)11-16-14-8-4-2-6-12(14)10-13-7-3-5-9-15(13)16/h2-10H,11H2,1H3,(H,19,20)/p-1. The van der Waals surface area contributed by atoms with Crippen molar-refractivity contribution in [2.75, 3.05) is 7.05 Å². The summed E-state index contributed by atoms with van der Waals surface area (Å²) in [5, 5.41) is 15.4. The highest BCUT2D eigenvalue weighted by atomic mass is 16.4. The molecular weight excluding hydrogens is 250 g/mol. The Morgan fingerprint density at radius 2 is 1.50 bits per heavy atom. The van der Waals surface area contributed by atoms with Crippen LogP contribution in [0.25, 0.3) is 21.5 Å². The number of rotatable bonds is 2. The van der Waals surface area contributed by atoms with Crippen LogP contribution in [0.5, 0.6) is 0 Å². The predicted octanol–water partition coefficient (Wildman–Crippen LogP) is 2.77. The smallest absolute Gasteiger partial charge is 0.136 e. The highest BCUT2D eigenvalue weighted by Gasteiger charge is 2.09. The van der Waals surface area contributed by atoms with Gasteiger partial charge in [0.15, 0.2) is 0 Å². The maximum atomic E-state index is 11.0. The van der Waals surface area contributed by atoms with Crippen molar-refractivity contribution in [3.63, 3.8) is 0 Å². The first-order valence-corrected chi connectivity index (χ1v) is 6.48. The van der Waals surface area contributed by atoms with Gasteiger partial charge in [0.05, 0.1) is 0 Å². The summed E-state index contributed by atoms with van der Waals surface area (Å²) in [7, 11) is 1.53. The SMILES string of the molecule is CN(Cc1c2ccccc2cc2ccccc12)C(=O)[O-]. The van der Waals surface area contributed by atoms with Gasteiger partial charge in [-0.2, -0.15) is 0 Å². The third kappa shape index (κ3) is 2.07. The molecule has 0 aliphatic heterocycles. The van der Waals surface area contributed by atoms with Crippen LogP contribution in [-0.4, -0.2) is 18.0 Å². The molecule has 0 atom stereocenters. The Labute approximate surface area is 117 Å². The third-order valence-electron chi connectivity index (χ3n) is 3.59. The summed E-state index contributed by atoms with van der Waals surface area (Å²) >= 11 is 0. The molecule has 3 aromatic rings. The van der Waals surface area contributed by atoms with Gasteiger partial charge in [-0.1, -0.05) is 48.5 Å². The molecule has 20 heavy (non-hydrogen) atoms. The van der Waals surface area contributed by atoms with Crippen molar-refractivity contribution in [2.45, 2.75) is 6.54 Å². The average molecular weight is 264 g/mol. The van der Waals surface area contributed by atoms with E-state index >= 15 is 0 Å². The maximum Gasteiger partial charge on any atom is 0.136 e. The van der Waals surface area contributed by atoms with E-state index in [-0.39, 0.29) is 0 Å². The summed E-state index contributed by atoms with van der Waals surface area (Å²) in [5.41, 5.74) is 1.02. The zero-order valence-corrected chi connectivity index (χ0v) is 11.2. The number of hydrogen-bond acceptors (Lipinski definition) is 2. The molecule has 3 aromatic carbocycles. The normalized spacial score (nSPS) is 10.8. The summed E-state index contributed by atoms with van der Waals surface area (Å²) in [6, 6.07) is 18.2. The molecule has 3 rings (SSSR count). The van der Waals surface area contributed by atoms with E-state index < -0.39 is 6.09 Å². The molecule has 0 radical (unpaired) electrons. The minimum atomic E-state index is -1.16. The van der Waals surface area contributed by atoms with Gasteiger partial charge in [-0.15, -0.1) is 0 Å². The molecule has 0 spiro atoms. The van der Waals surface area contributed by atoms with Crippen LogP contribution in [-0.2, 0) is 6.54 Å². The molecule has 0 saturated heterocycles. The van der Waals surface area contributed by atoms with Crippen molar-refractivity contribution in [3.8, 4) is 0 Å². The number of carbonyl (C=O) groups excluding carboxylic acids is 1. The van der Waals surface area contributed by atoms with E-state index in [0.29, 0.717) is 6.54 Å². The van der Waals surface area contributed by atoms with Gasteiger partial charge in [0, 0.05) is 13.6 Å². The topological polar surface area (TPSA) is 43.4 Å². The second-order valence-corrected chi connectivity index (χ2v) is 4.92. The Balaban J connectivity index is 2.30. The number of nitrogens with zero attached hydrogens (tertiary/aromatic N) is 1. The molecule has 0 unspecified atom stereocenters. The lowest BCUT2D eigenvalue weighted by Crippen LogP contribution is -2.37. The van der Waals surface area contributed by atoms with Crippen LogP contribution >= 0.6 is 0 Å². The quantitative estimate of drug-likeness (QED) is 0.668. The van der Waals surface area contributed by atoms with E-state index in [1.165, 1.54) is 11.9 Å². The number of benzene rings is 3. The Morgan fingerprint density at radius 1 is 1.00 bits per heavy atom. The molecule has 0 fully saturated rings. The fourth-order valence-corrected chi connectivity index (χ4v) is 2.58. The van der Waals surface area contributed by atoms with E-state index in [9.17, 15) is 9.90 Å². The van der Waals surface area contributed by atoms with Crippen molar-refractivity contribution in [1.82, 2.24) is 4.90 Å². The number of carbonyl (C=O) groups is 1. The van der Waals surface area contributed by atoms with Gasteiger partial charge in [0.1, 0.15) is 6.09 Å². The van der Waals surface area contributed by atoms with E-state index in [0.717, 1.165) is 27.1 Å². The van der Waals surface area contributed by atoms with Crippen LogP contribution in [0.3, 0.4) is 0 Å². The first-order valence-electron chi connectivity index (χ1n) is 6.48. The summed E-state index contributed by atoms with van der Waals surface area (Å²) in [5.74, 6) is 0. The van der Waals surface area contributed by atoms with Crippen molar-refractivity contribution >= 4 is 27.6 Å². The maximum absolute atomic E-state index is 11.0. The lowest BCUT2D eigenvalue weighted by Gasteiger charge is -2.22. The summed E-state index contributed by atoms with van der Waals surface area (Å²) in [6.45, 7) is 0.324. The van der Waals surface area contributed by atoms with Crippen molar-refractivity contribution in [3.05, 3.63) is 60.2 Å². The summed E-state index contributed by atoms with van der Waals surface area (Å²) < 4.78 is 0. The third-order valence-corrected chi connectivity index (χ3v) is 3.59. The van der Waals surface area contributed by atoms with Crippen LogP contribution in [0.4, 0.5) is 4.79 Å². The second kappa shape index (κ2) is 4.85. The first-order chi connectivity index (χ1) is 9.66. The van der Waals surface area contributed by atoms with Gasteiger partial charge < -0.3 is 14.8 Å². The van der Waals surface area contributed by atoms with Crippen LogP contribution in [0, 0.1) is 0 Å². The van der Waals surface area contributed by atoms with Crippen molar-refractivity contribution in [2.24, 2.45) is 0 Å². The van der Waals surface area contributed by atoms with E-state index in [2.05, 4.69) is 6.07 Å². The molecule has 3 heteroatoms. The lowest BCUT2D eigenvalue weighted by molar-refractivity contribution is -0.264. The van der Waals surface area contributed by atoms with Gasteiger partial charge in [-0.05, 0) is 33.2 Å². The minimum Gasteiger partial charge on any atom is -0.530 e. The zero-order chi connectivity index (χ0) is 14.1. The summed E-state index contributed by atoms with van der Waals surface area (Å²) in [4.78, 5) is 12.2. The highest BCUT2D eigenvalue weighted by molar-refractivity contribution is 6.02. The van der Waals surface area contributed by atoms with Crippen LogP contribution < -0.4 is 5.11 Å². The average Bonchev–Trinajstić information content (AvgIpc) is 2.46. The first kappa shape index (κ1) is 12.5. The Morgan fingerprint density at radius 3 is 2.00 bits per heavy atom. The molecule has 3 nitrogen and oxygen atoms in total. The number of fused-ring (bicyclic) bond motifs is 2. The molecule has 0 saturated carbocycles. The molecular formula is C17H14NO2-. The van der Waals surface area contributed by atoms with E-state index in [4.69, 9.17) is 0 Å². The fraction of sp³-hybridized carbons (Fsp3) is 0.118. The molecule has 0 bridgehead atoms. The van der Waals surface area contributed by atoms with Crippen LogP contribution in [0.15, 0.2) is 54.6 Å². The second-order valence-electron chi connectivity index (χ2n) is 4.92. The molecule has 1 amide bonds. The van der Waals surface area contributed by atoms with Gasteiger partial charge in [0.25, 0.3) is 0 Å². The van der Waals surface area contributed by atoms with Crippen LogP contribution in [0.1, 0.15) is 5.56 Å². The molecule has 0 aliphatic rings. The molecule has 100 valence electrons. The summed E-state index contributed by atoms with van der Waals surface area (Å²) in [6.07, 6.45) is -1.16. The monoisotopic (exact) mass is 264 g/mol. The van der Waals surface area contributed by atoms with Crippen LogP contribution in [0.2, 0.25) is 0 Å². The Hall–Kier alpha value is -2.55. The van der Waals surface area contributed by atoms with E-state index in [1.54, 1.807) is 0 Å². The van der Waals surface area contributed by atoms with Gasteiger partial charge in [-0.3, -0.25) is 0 Å². The highest BCUT2D eigenvalue weighted by Crippen LogP contribution is 2.29. The molecule has 0 heterocycles. The molecule has 0 N–H and O–H groups in total. The molecule has 0 aromatic heterocycles. The lowest BCUT2D eigenvalue weighted by atomic mass is 9.96. The predicted molar refractivity (Wildman–Crippen MR) is 78.3 cm³/mol. The van der Waals surface area contributed by atoms with Gasteiger partial charge in [0.2, 0.25) is 0 Å². The Bertz CT molecular complexity index is 741. The van der Waals surface area contributed by atoms with Crippen molar-refractivity contribution in [1.29, 1.82) is 0 Å². The number of carboxylic acid groups (broad SMARTS) is 1.